The zero-order valence-electron chi connectivity index (χ0n) is 19.8. The first kappa shape index (κ1) is 24.4. The van der Waals surface area contributed by atoms with E-state index in [1.165, 1.54) is 11.5 Å². The molecule has 0 aliphatic carbocycles. The largest absolute Gasteiger partial charge is 0.466 e. The highest BCUT2D eigenvalue weighted by Gasteiger charge is 2.44. The first-order chi connectivity index (χ1) is 16.7. The Labute approximate surface area is 206 Å². The van der Waals surface area contributed by atoms with E-state index >= 15 is 0 Å². The molecule has 0 bridgehead atoms. The second kappa shape index (κ2) is 9.88. The van der Waals surface area contributed by atoms with Crippen LogP contribution in [0.1, 0.15) is 29.5 Å². The summed E-state index contributed by atoms with van der Waals surface area (Å²) in [7, 11) is -2.65. The number of hydrazone groups is 1. The summed E-state index contributed by atoms with van der Waals surface area (Å²) >= 11 is 0. The molecule has 0 saturated carbocycles. The fourth-order valence-corrected chi connectivity index (χ4v) is 5.78. The third-order valence-electron chi connectivity index (χ3n) is 6.29. The summed E-state index contributed by atoms with van der Waals surface area (Å²) in [6, 6.07) is 25.8. The molecule has 0 unspecified atom stereocenters. The Bertz CT molecular complexity index is 1350. The molecule has 3 aromatic rings. The molecule has 3 aromatic carbocycles. The van der Waals surface area contributed by atoms with Crippen LogP contribution in [-0.4, -0.2) is 38.2 Å². The number of carbonyl (C=O) groups is 1. The predicted molar refractivity (Wildman–Crippen MR) is 137 cm³/mol. The van der Waals surface area contributed by atoms with Crippen molar-refractivity contribution in [2.75, 3.05) is 13.7 Å². The van der Waals surface area contributed by atoms with Crippen molar-refractivity contribution in [2.24, 2.45) is 5.10 Å². The van der Waals surface area contributed by atoms with Crippen LogP contribution in [0.5, 0.6) is 0 Å². The summed E-state index contributed by atoms with van der Waals surface area (Å²) in [5, 5.41) is 4.63. The van der Waals surface area contributed by atoms with Crippen molar-refractivity contribution in [3.05, 3.63) is 114 Å². The zero-order chi connectivity index (χ0) is 25.1. The van der Waals surface area contributed by atoms with Crippen molar-refractivity contribution < 1.29 is 17.9 Å². The highest BCUT2D eigenvalue weighted by Crippen LogP contribution is 2.41. The highest BCUT2D eigenvalue weighted by molar-refractivity contribution is 7.89. The number of aryl methyl sites for hydroxylation is 1. The smallest absolute Gasteiger partial charge is 0.333 e. The summed E-state index contributed by atoms with van der Waals surface area (Å²) in [5.74, 6) is -0.517. The number of ether oxygens (including phenoxy) is 1. The van der Waals surface area contributed by atoms with Crippen LogP contribution >= 0.6 is 0 Å². The van der Waals surface area contributed by atoms with Crippen LogP contribution in [0.15, 0.2) is 107 Å². The second-order valence-corrected chi connectivity index (χ2v) is 10.6. The van der Waals surface area contributed by atoms with Crippen LogP contribution in [0.3, 0.4) is 0 Å². The van der Waals surface area contributed by atoms with E-state index in [0.29, 0.717) is 12.1 Å². The van der Waals surface area contributed by atoms with Gasteiger partial charge < -0.3 is 4.74 Å². The van der Waals surface area contributed by atoms with E-state index in [4.69, 9.17) is 4.74 Å². The molecule has 0 spiro atoms. The summed E-state index contributed by atoms with van der Waals surface area (Å²) in [6.07, 6.45) is 0.645. The number of hydrogen-bond donors (Lipinski definition) is 0. The van der Waals surface area contributed by atoms with Crippen molar-refractivity contribution in [3.8, 4) is 0 Å². The van der Waals surface area contributed by atoms with Gasteiger partial charge in [-0.05, 0) is 36.6 Å². The quantitative estimate of drug-likeness (QED) is 0.352. The fourth-order valence-electron chi connectivity index (χ4n) is 4.43. The molecular weight excluding hydrogens is 460 g/mol. The molecule has 1 aliphatic rings. The van der Waals surface area contributed by atoms with E-state index in [1.54, 1.807) is 24.3 Å². The zero-order valence-corrected chi connectivity index (χ0v) is 20.7. The van der Waals surface area contributed by atoms with Gasteiger partial charge in [0.25, 0.3) is 10.0 Å². The lowest BCUT2D eigenvalue weighted by molar-refractivity contribution is -0.136. The van der Waals surface area contributed by atoms with Crippen LogP contribution in [0.25, 0.3) is 0 Å². The molecule has 1 atom stereocenters. The minimum Gasteiger partial charge on any atom is -0.466 e. The van der Waals surface area contributed by atoms with Gasteiger partial charge in [-0.25, -0.2) is 4.79 Å². The Morgan fingerprint density at radius 3 is 2.20 bits per heavy atom. The summed E-state index contributed by atoms with van der Waals surface area (Å²) < 4.78 is 33.6. The number of sulfonamides is 1. The van der Waals surface area contributed by atoms with Crippen LogP contribution < -0.4 is 0 Å². The average molecular weight is 489 g/mol. The summed E-state index contributed by atoms with van der Waals surface area (Å²) in [5.41, 5.74) is 2.80. The van der Waals surface area contributed by atoms with Crippen molar-refractivity contribution in [3.63, 3.8) is 0 Å². The van der Waals surface area contributed by atoms with Crippen molar-refractivity contribution in [1.82, 2.24) is 4.41 Å². The third kappa shape index (κ3) is 5.05. The lowest BCUT2D eigenvalue weighted by Crippen LogP contribution is -2.47. The molecule has 0 amide bonds. The topological polar surface area (TPSA) is 76.0 Å². The monoisotopic (exact) mass is 488 g/mol. The maximum Gasteiger partial charge on any atom is 0.333 e. The lowest BCUT2D eigenvalue weighted by Gasteiger charge is -2.41. The van der Waals surface area contributed by atoms with Crippen LogP contribution in [0.4, 0.5) is 0 Å². The fraction of sp³-hybridized carbons (Fsp3) is 0.214. The Balaban J connectivity index is 1.89. The number of benzene rings is 3. The molecular formula is C28H28N2O4S. The van der Waals surface area contributed by atoms with Crippen molar-refractivity contribution >= 4 is 21.7 Å². The molecule has 0 N–H and O–H groups in total. The maximum atomic E-state index is 13.8. The number of nitrogens with zero attached hydrogens (tertiary/aromatic N) is 2. The van der Waals surface area contributed by atoms with E-state index < -0.39 is 21.4 Å². The van der Waals surface area contributed by atoms with Crippen LogP contribution in [0, 0.1) is 6.92 Å². The Hall–Kier alpha value is -3.71. The molecule has 0 radical (unpaired) electrons. The molecule has 35 heavy (non-hydrogen) atoms. The molecule has 1 heterocycles. The Morgan fingerprint density at radius 2 is 1.60 bits per heavy atom. The van der Waals surface area contributed by atoms with E-state index in [9.17, 15) is 13.2 Å². The first-order valence-electron chi connectivity index (χ1n) is 11.3. The van der Waals surface area contributed by atoms with Gasteiger partial charge in [-0.15, -0.1) is 0 Å². The van der Waals surface area contributed by atoms with Crippen LogP contribution in [0.2, 0.25) is 0 Å². The van der Waals surface area contributed by atoms with Gasteiger partial charge in [-0.3, -0.25) is 0 Å². The average Bonchev–Trinajstić information content (AvgIpc) is 2.89. The minimum atomic E-state index is -3.96. The van der Waals surface area contributed by atoms with Gasteiger partial charge in [0, 0.05) is 17.4 Å². The molecule has 6 nitrogen and oxygen atoms in total. The number of carbonyl (C=O) groups excluding carboxylic acids is 1. The standard InChI is InChI=1S/C28H28N2O4S/c1-21-14-16-25(17-15-21)35(32,33)30-20-28(18-22(2)27(31)34-3,24-12-8-5-9-13-24)19-26(29-30)23-10-6-4-7-11-23/h4-17H,2,18-20H2,1,3H3/t28-/m1/s1. The van der Waals surface area contributed by atoms with E-state index in [1.807, 2.05) is 67.6 Å². The van der Waals surface area contributed by atoms with Gasteiger partial charge in [-0.1, -0.05) is 84.9 Å². The highest BCUT2D eigenvalue weighted by atomic mass is 32.2. The number of rotatable bonds is 7. The van der Waals surface area contributed by atoms with E-state index in [-0.39, 0.29) is 23.4 Å². The van der Waals surface area contributed by atoms with Gasteiger partial charge in [0.1, 0.15) is 0 Å². The molecule has 0 aromatic heterocycles. The van der Waals surface area contributed by atoms with Crippen molar-refractivity contribution in [2.45, 2.75) is 30.1 Å². The van der Waals surface area contributed by atoms with Gasteiger partial charge in [0.2, 0.25) is 0 Å². The molecule has 7 heteroatoms. The van der Waals surface area contributed by atoms with Gasteiger partial charge in [0.05, 0.1) is 24.3 Å². The number of esters is 1. The first-order valence-corrected chi connectivity index (χ1v) is 12.7. The Kier molecular flexibility index (Phi) is 6.89. The minimum absolute atomic E-state index is 0.0551. The molecule has 0 fully saturated rings. The lowest BCUT2D eigenvalue weighted by atomic mass is 9.70. The van der Waals surface area contributed by atoms with E-state index in [0.717, 1.165) is 16.7 Å². The summed E-state index contributed by atoms with van der Waals surface area (Å²) in [6.45, 7) is 5.92. The van der Waals surface area contributed by atoms with E-state index in [2.05, 4.69) is 11.7 Å². The molecule has 4 rings (SSSR count). The SMILES string of the molecule is C=C(C[C@@]1(c2ccccc2)CC(c2ccccc2)=NN(S(=O)(=O)c2ccc(C)cc2)C1)C(=O)OC. The Morgan fingerprint density at radius 1 is 1.00 bits per heavy atom. The normalized spacial score (nSPS) is 18.0. The molecule has 1 aliphatic heterocycles. The second-order valence-electron chi connectivity index (χ2n) is 8.81. The van der Waals surface area contributed by atoms with Crippen LogP contribution in [-0.2, 0) is 25.0 Å². The molecule has 0 saturated heterocycles. The predicted octanol–water partition coefficient (Wildman–Crippen LogP) is 4.85. The molecule has 180 valence electrons. The van der Waals surface area contributed by atoms with Gasteiger partial charge in [0.15, 0.2) is 0 Å². The van der Waals surface area contributed by atoms with Gasteiger partial charge in [-0.2, -0.15) is 17.9 Å². The van der Waals surface area contributed by atoms with Gasteiger partial charge >= 0.3 is 5.97 Å². The number of methoxy groups -OCH3 is 1. The van der Waals surface area contributed by atoms with Crippen molar-refractivity contribution in [1.29, 1.82) is 0 Å². The number of hydrogen-bond acceptors (Lipinski definition) is 5. The maximum absolute atomic E-state index is 13.8. The third-order valence-corrected chi connectivity index (χ3v) is 7.92. The summed E-state index contributed by atoms with van der Waals surface area (Å²) in [4.78, 5) is 12.5.